The molecule has 32 heavy (non-hydrogen) atoms. The van der Waals surface area contributed by atoms with E-state index in [2.05, 4.69) is 10.1 Å². The zero-order chi connectivity index (χ0) is 23.1. The number of esters is 1. The van der Waals surface area contributed by atoms with Gasteiger partial charge in [0.15, 0.2) is 0 Å². The first kappa shape index (κ1) is 22.8. The van der Waals surface area contributed by atoms with Gasteiger partial charge < -0.3 is 14.8 Å². The number of benzene rings is 3. The molecular formula is C23H22N2O6S. The number of rotatable bonds is 8. The number of amides is 1. The van der Waals surface area contributed by atoms with E-state index in [1.807, 2.05) is 0 Å². The van der Waals surface area contributed by atoms with Gasteiger partial charge in [-0.3, -0.25) is 9.10 Å². The summed E-state index contributed by atoms with van der Waals surface area (Å²) in [6.07, 6.45) is 0. The fraction of sp³-hybridized carbons (Fsp3) is 0.130. The highest BCUT2D eigenvalue weighted by Gasteiger charge is 2.27. The Morgan fingerprint density at radius 1 is 0.906 bits per heavy atom. The maximum Gasteiger partial charge on any atom is 0.337 e. The molecule has 0 atom stereocenters. The van der Waals surface area contributed by atoms with E-state index in [0.717, 1.165) is 4.31 Å². The number of nitrogens with zero attached hydrogens (tertiary/aromatic N) is 1. The molecule has 3 rings (SSSR count). The van der Waals surface area contributed by atoms with Crippen LogP contribution in [-0.2, 0) is 19.6 Å². The van der Waals surface area contributed by atoms with Crippen molar-refractivity contribution >= 4 is 33.3 Å². The lowest BCUT2D eigenvalue weighted by molar-refractivity contribution is -0.114. The minimum Gasteiger partial charge on any atom is -0.497 e. The lowest BCUT2D eigenvalue weighted by Crippen LogP contribution is -2.38. The molecule has 1 N–H and O–H groups in total. The van der Waals surface area contributed by atoms with Crippen molar-refractivity contribution in [1.29, 1.82) is 0 Å². The molecule has 8 nitrogen and oxygen atoms in total. The minimum absolute atomic E-state index is 0.0163. The molecule has 0 aliphatic carbocycles. The second-order valence-electron chi connectivity index (χ2n) is 6.64. The van der Waals surface area contributed by atoms with Crippen molar-refractivity contribution in [3.8, 4) is 5.75 Å². The molecular weight excluding hydrogens is 432 g/mol. The summed E-state index contributed by atoms with van der Waals surface area (Å²) < 4.78 is 37.5. The third-order valence-corrected chi connectivity index (χ3v) is 6.33. The summed E-state index contributed by atoms with van der Waals surface area (Å²) in [5.41, 5.74) is 0.936. The van der Waals surface area contributed by atoms with Crippen molar-refractivity contribution in [2.75, 3.05) is 30.4 Å². The average Bonchev–Trinajstić information content (AvgIpc) is 2.82. The highest BCUT2D eigenvalue weighted by molar-refractivity contribution is 7.92. The van der Waals surface area contributed by atoms with Crippen LogP contribution in [0.5, 0.6) is 5.75 Å². The Balaban J connectivity index is 1.88. The van der Waals surface area contributed by atoms with Crippen LogP contribution in [0.25, 0.3) is 0 Å². The van der Waals surface area contributed by atoms with Crippen LogP contribution in [0.3, 0.4) is 0 Å². The average molecular weight is 455 g/mol. The largest absolute Gasteiger partial charge is 0.497 e. The van der Waals surface area contributed by atoms with Crippen molar-refractivity contribution < 1.29 is 27.5 Å². The topological polar surface area (TPSA) is 102 Å². The van der Waals surface area contributed by atoms with Gasteiger partial charge in [0.05, 0.1) is 30.4 Å². The third-order valence-electron chi connectivity index (χ3n) is 4.55. The number of methoxy groups -OCH3 is 2. The van der Waals surface area contributed by atoms with Gasteiger partial charge in [0, 0.05) is 5.69 Å². The standard InChI is InChI=1S/C23H22N2O6S/c1-30-20-11-13-21(14-12-20)32(28,29)25(19-9-4-3-5-10-19)16-22(26)24-18-8-6-7-17(15-18)23(27)31-2/h3-15H,16H2,1-2H3,(H,24,26). The van der Waals surface area contributed by atoms with Gasteiger partial charge in [0.1, 0.15) is 12.3 Å². The first-order chi connectivity index (χ1) is 15.3. The van der Waals surface area contributed by atoms with Crippen molar-refractivity contribution in [1.82, 2.24) is 0 Å². The molecule has 0 aliphatic rings. The Bertz CT molecular complexity index is 1190. The van der Waals surface area contributed by atoms with Gasteiger partial charge in [-0.1, -0.05) is 24.3 Å². The number of ether oxygens (including phenoxy) is 2. The summed E-state index contributed by atoms with van der Waals surface area (Å²) in [7, 11) is -1.30. The predicted octanol–water partition coefficient (Wildman–Crippen LogP) is 3.32. The molecule has 0 saturated carbocycles. The van der Waals surface area contributed by atoms with Crippen LogP contribution < -0.4 is 14.4 Å². The lowest BCUT2D eigenvalue weighted by atomic mass is 10.2. The second kappa shape index (κ2) is 9.97. The van der Waals surface area contributed by atoms with Crippen molar-refractivity contribution in [3.05, 3.63) is 84.4 Å². The summed E-state index contributed by atoms with van der Waals surface area (Å²) in [4.78, 5) is 24.5. The highest BCUT2D eigenvalue weighted by Crippen LogP contribution is 2.25. The number of anilines is 2. The van der Waals surface area contributed by atoms with E-state index < -0.39 is 28.4 Å². The smallest absolute Gasteiger partial charge is 0.337 e. The van der Waals surface area contributed by atoms with Crippen molar-refractivity contribution in [2.45, 2.75) is 4.90 Å². The zero-order valence-corrected chi connectivity index (χ0v) is 18.3. The molecule has 0 saturated heterocycles. The van der Waals surface area contributed by atoms with Crippen LogP contribution in [0.4, 0.5) is 11.4 Å². The summed E-state index contributed by atoms with van der Waals surface area (Å²) in [6, 6.07) is 20.4. The van der Waals surface area contributed by atoms with E-state index in [9.17, 15) is 18.0 Å². The first-order valence-electron chi connectivity index (χ1n) is 9.55. The summed E-state index contributed by atoms with van der Waals surface area (Å²) >= 11 is 0. The predicted molar refractivity (Wildman–Crippen MR) is 120 cm³/mol. The van der Waals surface area contributed by atoms with E-state index in [0.29, 0.717) is 17.1 Å². The van der Waals surface area contributed by atoms with Gasteiger partial charge in [-0.05, 0) is 54.6 Å². The third kappa shape index (κ3) is 5.25. The Kier molecular flexibility index (Phi) is 7.11. The number of hydrogen-bond donors (Lipinski definition) is 1. The molecule has 0 radical (unpaired) electrons. The summed E-state index contributed by atoms with van der Waals surface area (Å²) in [5, 5.41) is 2.63. The zero-order valence-electron chi connectivity index (χ0n) is 17.5. The SMILES string of the molecule is COC(=O)c1cccc(NC(=O)CN(c2ccccc2)S(=O)(=O)c2ccc(OC)cc2)c1. The van der Waals surface area contributed by atoms with Crippen LogP contribution >= 0.6 is 0 Å². The number of nitrogens with one attached hydrogen (secondary N) is 1. The van der Waals surface area contributed by atoms with Crippen molar-refractivity contribution in [3.63, 3.8) is 0 Å². The molecule has 0 heterocycles. The number of para-hydroxylation sites is 1. The van der Waals surface area contributed by atoms with E-state index in [1.165, 1.54) is 44.6 Å². The summed E-state index contributed by atoms with van der Waals surface area (Å²) in [5.74, 6) is -0.611. The van der Waals surface area contributed by atoms with E-state index in [4.69, 9.17) is 4.74 Å². The van der Waals surface area contributed by atoms with Gasteiger partial charge in [-0.25, -0.2) is 13.2 Å². The molecule has 0 bridgehead atoms. The van der Waals surface area contributed by atoms with Crippen molar-refractivity contribution in [2.24, 2.45) is 0 Å². The number of sulfonamides is 1. The highest BCUT2D eigenvalue weighted by atomic mass is 32.2. The number of hydrogen-bond acceptors (Lipinski definition) is 6. The molecule has 0 aromatic heterocycles. The van der Waals surface area contributed by atoms with Crippen LogP contribution in [0.15, 0.2) is 83.8 Å². The Morgan fingerprint density at radius 3 is 2.22 bits per heavy atom. The van der Waals surface area contributed by atoms with Gasteiger partial charge >= 0.3 is 5.97 Å². The fourth-order valence-electron chi connectivity index (χ4n) is 2.96. The first-order valence-corrected chi connectivity index (χ1v) is 11.0. The van der Waals surface area contributed by atoms with E-state index >= 15 is 0 Å². The number of carbonyl (C=O) groups excluding carboxylic acids is 2. The molecule has 0 aliphatic heterocycles. The monoisotopic (exact) mass is 454 g/mol. The Morgan fingerprint density at radius 2 is 1.59 bits per heavy atom. The van der Waals surface area contributed by atoms with Gasteiger partial charge in [-0.15, -0.1) is 0 Å². The molecule has 0 spiro atoms. The Hall–Kier alpha value is -3.85. The number of carbonyl (C=O) groups is 2. The maximum atomic E-state index is 13.3. The molecule has 0 unspecified atom stereocenters. The molecule has 3 aromatic rings. The van der Waals surface area contributed by atoms with Gasteiger partial charge in [-0.2, -0.15) is 0 Å². The summed E-state index contributed by atoms with van der Waals surface area (Å²) in [6.45, 7) is -0.471. The van der Waals surface area contributed by atoms with E-state index in [1.54, 1.807) is 48.5 Å². The lowest BCUT2D eigenvalue weighted by Gasteiger charge is -2.24. The normalized spacial score (nSPS) is 10.8. The maximum absolute atomic E-state index is 13.3. The fourth-order valence-corrected chi connectivity index (χ4v) is 4.38. The molecule has 3 aromatic carbocycles. The molecule has 0 fully saturated rings. The van der Waals surface area contributed by atoms with Crippen LogP contribution in [-0.4, -0.2) is 41.1 Å². The van der Waals surface area contributed by atoms with Gasteiger partial charge in [0.2, 0.25) is 5.91 Å². The van der Waals surface area contributed by atoms with Crippen LogP contribution in [0.2, 0.25) is 0 Å². The van der Waals surface area contributed by atoms with Crippen LogP contribution in [0.1, 0.15) is 10.4 Å². The second-order valence-corrected chi connectivity index (χ2v) is 8.51. The Labute approximate surface area is 186 Å². The van der Waals surface area contributed by atoms with E-state index in [-0.39, 0.29) is 10.5 Å². The van der Waals surface area contributed by atoms with Crippen LogP contribution in [0, 0.1) is 0 Å². The molecule has 1 amide bonds. The minimum atomic E-state index is -4.05. The molecule has 9 heteroatoms. The quantitative estimate of drug-likeness (QED) is 0.524. The molecule has 166 valence electrons. The van der Waals surface area contributed by atoms with Gasteiger partial charge in [0.25, 0.3) is 10.0 Å².